The Morgan fingerprint density at radius 1 is 0.800 bits per heavy atom. The van der Waals surface area contributed by atoms with Gasteiger partial charge in [0.15, 0.2) is 0 Å². The second kappa shape index (κ2) is 5.44. The summed E-state index contributed by atoms with van der Waals surface area (Å²) in [4.78, 5) is 0. The third-order valence-corrected chi connectivity index (χ3v) is 3.98. The number of hydrogen-bond acceptors (Lipinski definition) is 0. The Bertz CT molecular complexity index is 580. The second-order valence-corrected chi connectivity index (χ2v) is 7.05. The van der Waals surface area contributed by atoms with Crippen LogP contribution in [0.3, 0.4) is 0 Å². The summed E-state index contributed by atoms with van der Waals surface area (Å²) in [6, 6.07) is 15.8. The molecule has 2 rings (SSSR count). The van der Waals surface area contributed by atoms with Crippen molar-refractivity contribution in [3.05, 3.63) is 59.2 Å². The molecule has 0 nitrogen and oxygen atoms in total. The fourth-order valence-electron chi connectivity index (χ4n) is 2.67. The van der Waals surface area contributed by atoms with E-state index >= 15 is 0 Å². The molecule has 0 heteroatoms. The molecule has 0 N–H and O–H groups in total. The van der Waals surface area contributed by atoms with Crippen LogP contribution in [0, 0.1) is 6.92 Å². The number of hydrogen-bond donors (Lipinski definition) is 0. The molecule has 0 atom stereocenters. The van der Waals surface area contributed by atoms with E-state index in [1.54, 1.807) is 0 Å². The van der Waals surface area contributed by atoms with Gasteiger partial charge in [0.05, 0.1) is 0 Å². The Morgan fingerprint density at radius 3 is 1.80 bits per heavy atom. The van der Waals surface area contributed by atoms with Crippen molar-refractivity contribution in [2.24, 2.45) is 0 Å². The van der Waals surface area contributed by atoms with Crippen molar-refractivity contribution in [3.63, 3.8) is 0 Å². The molecule has 0 aliphatic carbocycles. The van der Waals surface area contributed by atoms with Crippen molar-refractivity contribution < 1.29 is 0 Å². The molecule has 0 heterocycles. The maximum absolute atomic E-state index is 2.31. The molecule has 20 heavy (non-hydrogen) atoms. The first-order valence-electron chi connectivity index (χ1n) is 7.50. The average Bonchev–Trinajstić information content (AvgIpc) is 2.37. The Morgan fingerprint density at radius 2 is 1.35 bits per heavy atom. The molecule has 0 spiro atoms. The highest BCUT2D eigenvalue weighted by atomic mass is 14.2. The summed E-state index contributed by atoms with van der Waals surface area (Å²) in [6.45, 7) is 13.5. The van der Waals surface area contributed by atoms with Crippen LogP contribution < -0.4 is 0 Å². The zero-order valence-electron chi connectivity index (χ0n) is 13.6. The van der Waals surface area contributed by atoms with Crippen LogP contribution in [0.5, 0.6) is 0 Å². The summed E-state index contributed by atoms with van der Waals surface area (Å²) in [5.41, 5.74) is 7.05. The zero-order valence-corrected chi connectivity index (χ0v) is 13.6. The molecule has 0 fully saturated rings. The Kier molecular flexibility index (Phi) is 4.04. The first-order chi connectivity index (χ1) is 9.29. The zero-order chi connectivity index (χ0) is 14.9. The minimum absolute atomic E-state index is 0.218. The summed E-state index contributed by atoms with van der Waals surface area (Å²) < 4.78 is 0. The summed E-state index contributed by atoms with van der Waals surface area (Å²) >= 11 is 0. The van der Waals surface area contributed by atoms with Crippen LogP contribution in [-0.4, -0.2) is 0 Å². The van der Waals surface area contributed by atoms with Crippen LogP contribution in [-0.2, 0) is 5.41 Å². The van der Waals surface area contributed by atoms with Gasteiger partial charge in [0.2, 0.25) is 0 Å². The van der Waals surface area contributed by atoms with Crippen molar-refractivity contribution in [1.29, 1.82) is 0 Å². The Balaban J connectivity index is 2.35. The molecule has 2 aromatic rings. The van der Waals surface area contributed by atoms with E-state index in [-0.39, 0.29) is 5.41 Å². The van der Waals surface area contributed by atoms with E-state index in [0.717, 1.165) is 0 Å². The van der Waals surface area contributed by atoms with E-state index in [4.69, 9.17) is 0 Å². The van der Waals surface area contributed by atoms with Crippen LogP contribution in [0.25, 0.3) is 11.1 Å². The molecule has 0 bridgehead atoms. The molecule has 0 saturated heterocycles. The van der Waals surface area contributed by atoms with Crippen LogP contribution in [0.15, 0.2) is 42.5 Å². The molecule has 106 valence electrons. The lowest BCUT2D eigenvalue weighted by Crippen LogP contribution is -2.10. The van der Waals surface area contributed by atoms with Gasteiger partial charge in [0, 0.05) is 0 Å². The summed E-state index contributed by atoms with van der Waals surface area (Å²) in [5.74, 6) is 0.590. The van der Waals surface area contributed by atoms with Crippen LogP contribution in [0.1, 0.15) is 57.2 Å². The van der Waals surface area contributed by atoms with Crippen LogP contribution >= 0.6 is 0 Å². The maximum Gasteiger partial charge on any atom is -0.0132 e. The molecular weight excluding hydrogens is 240 g/mol. The van der Waals surface area contributed by atoms with E-state index in [2.05, 4.69) is 84.0 Å². The fourth-order valence-corrected chi connectivity index (χ4v) is 2.67. The smallest absolute Gasteiger partial charge is 0.0132 e. The van der Waals surface area contributed by atoms with E-state index in [0.29, 0.717) is 5.92 Å². The van der Waals surface area contributed by atoms with Crippen molar-refractivity contribution in [2.75, 3.05) is 0 Å². The number of benzene rings is 2. The lowest BCUT2D eigenvalue weighted by molar-refractivity contribution is 0.590. The molecule has 0 saturated carbocycles. The minimum Gasteiger partial charge on any atom is -0.0587 e. The van der Waals surface area contributed by atoms with Crippen molar-refractivity contribution >= 4 is 0 Å². The lowest BCUT2D eigenvalue weighted by atomic mass is 9.86. The van der Waals surface area contributed by atoms with Gasteiger partial charge in [-0.2, -0.15) is 0 Å². The molecule has 0 aromatic heterocycles. The van der Waals surface area contributed by atoms with Gasteiger partial charge < -0.3 is 0 Å². The lowest BCUT2D eigenvalue weighted by Gasteiger charge is -2.19. The first-order valence-corrected chi connectivity index (χ1v) is 7.50. The number of rotatable bonds is 2. The summed E-state index contributed by atoms with van der Waals surface area (Å²) in [6.07, 6.45) is 0. The molecular formula is C20H26. The van der Waals surface area contributed by atoms with Crippen molar-refractivity contribution in [2.45, 2.75) is 52.9 Å². The highest BCUT2D eigenvalue weighted by Crippen LogP contribution is 2.28. The van der Waals surface area contributed by atoms with E-state index in [1.165, 1.54) is 27.8 Å². The van der Waals surface area contributed by atoms with Crippen LogP contribution in [0.4, 0.5) is 0 Å². The van der Waals surface area contributed by atoms with Gasteiger partial charge in [-0.15, -0.1) is 0 Å². The SMILES string of the molecule is Cc1cc(-c2ccc(C(C)(C)C)cc2)ccc1C(C)C. The largest absolute Gasteiger partial charge is 0.0587 e. The third kappa shape index (κ3) is 3.12. The van der Waals surface area contributed by atoms with Crippen LogP contribution in [0.2, 0.25) is 0 Å². The monoisotopic (exact) mass is 266 g/mol. The fraction of sp³-hybridized carbons (Fsp3) is 0.400. The van der Waals surface area contributed by atoms with Gasteiger partial charge in [-0.05, 0) is 46.1 Å². The summed E-state index contributed by atoms with van der Waals surface area (Å²) in [5, 5.41) is 0. The van der Waals surface area contributed by atoms with Gasteiger partial charge in [-0.25, -0.2) is 0 Å². The first kappa shape index (κ1) is 14.8. The predicted molar refractivity (Wildman–Crippen MR) is 89.4 cm³/mol. The van der Waals surface area contributed by atoms with Gasteiger partial charge >= 0.3 is 0 Å². The quantitative estimate of drug-likeness (QED) is 0.617. The van der Waals surface area contributed by atoms with E-state index in [1.807, 2.05) is 0 Å². The highest BCUT2D eigenvalue weighted by molar-refractivity contribution is 5.65. The van der Waals surface area contributed by atoms with Gasteiger partial charge in [-0.3, -0.25) is 0 Å². The van der Waals surface area contributed by atoms with Crippen molar-refractivity contribution in [1.82, 2.24) is 0 Å². The molecule has 0 aliphatic rings. The third-order valence-electron chi connectivity index (χ3n) is 3.98. The summed E-state index contributed by atoms with van der Waals surface area (Å²) in [7, 11) is 0. The second-order valence-electron chi connectivity index (χ2n) is 7.05. The van der Waals surface area contributed by atoms with Crippen molar-refractivity contribution in [3.8, 4) is 11.1 Å². The molecule has 0 amide bonds. The van der Waals surface area contributed by atoms with Gasteiger partial charge in [0.1, 0.15) is 0 Å². The average molecular weight is 266 g/mol. The molecule has 0 unspecified atom stereocenters. The minimum atomic E-state index is 0.218. The van der Waals surface area contributed by atoms with Gasteiger partial charge in [-0.1, -0.05) is 77.1 Å². The standard InChI is InChI=1S/C20H26/c1-14(2)19-12-9-17(13-15(19)3)16-7-10-18(11-8-16)20(4,5)6/h7-14H,1-6H3. The van der Waals surface area contributed by atoms with Gasteiger partial charge in [0.25, 0.3) is 0 Å². The normalized spacial score (nSPS) is 11.9. The highest BCUT2D eigenvalue weighted by Gasteiger charge is 2.13. The predicted octanol–water partition coefficient (Wildman–Crippen LogP) is 6.08. The molecule has 0 radical (unpaired) electrons. The molecule has 2 aromatic carbocycles. The van der Waals surface area contributed by atoms with E-state index < -0.39 is 0 Å². The van der Waals surface area contributed by atoms with E-state index in [9.17, 15) is 0 Å². The Labute approximate surface area is 123 Å². The topological polar surface area (TPSA) is 0 Å². The number of aryl methyl sites for hydroxylation is 1. The maximum atomic E-state index is 2.31. The Hall–Kier alpha value is -1.56. The molecule has 0 aliphatic heterocycles.